The summed E-state index contributed by atoms with van der Waals surface area (Å²) in [6.45, 7) is 4.78. The van der Waals surface area contributed by atoms with Crippen molar-refractivity contribution in [3.63, 3.8) is 0 Å². The van der Waals surface area contributed by atoms with E-state index in [9.17, 15) is 4.79 Å². The Morgan fingerprint density at radius 1 is 1.23 bits per heavy atom. The monoisotopic (exact) mass is 431 g/mol. The van der Waals surface area contributed by atoms with Gasteiger partial charge in [0.2, 0.25) is 0 Å². The molecule has 8 nitrogen and oxygen atoms in total. The maximum Gasteiger partial charge on any atom is 0.409 e. The molecule has 8 heteroatoms. The second-order valence-corrected chi connectivity index (χ2v) is 9.04. The van der Waals surface area contributed by atoms with E-state index in [2.05, 4.69) is 11.9 Å². The highest BCUT2D eigenvalue weighted by Gasteiger charge is 2.34. The summed E-state index contributed by atoms with van der Waals surface area (Å²) in [7, 11) is 3.42. The summed E-state index contributed by atoms with van der Waals surface area (Å²) in [4.78, 5) is 18.6. The van der Waals surface area contributed by atoms with Gasteiger partial charge < -0.3 is 25.1 Å². The average Bonchev–Trinajstić information content (AvgIpc) is 3.44. The van der Waals surface area contributed by atoms with Gasteiger partial charge in [-0.3, -0.25) is 0 Å². The van der Waals surface area contributed by atoms with Gasteiger partial charge in [-0.15, -0.1) is 0 Å². The third-order valence-electron chi connectivity index (χ3n) is 6.32. The van der Waals surface area contributed by atoms with Crippen molar-refractivity contribution in [2.24, 2.45) is 23.4 Å². The highest BCUT2D eigenvalue weighted by molar-refractivity contribution is 5.68. The maximum absolute atomic E-state index is 12.3. The summed E-state index contributed by atoms with van der Waals surface area (Å²) >= 11 is 0. The molecule has 1 amide bonds. The van der Waals surface area contributed by atoms with Crippen LogP contribution >= 0.6 is 0 Å². The van der Waals surface area contributed by atoms with Gasteiger partial charge in [0.15, 0.2) is 0 Å². The molecule has 2 saturated carbocycles. The fraction of sp³-hybridized carbons (Fsp3) is 0.652. The van der Waals surface area contributed by atoms with Crippen LogP contribution in [-0.2, 0) is 4.74 Å². The predicted molar refractivity (Wildman–Crippen MR) is 121 cm³/mol. The number of hydrogen-bond acceptors (Lipinski definition) is 7. The quantitative estimate of drug-likeness (QED) is 0.480. The minimum Gasteiger partial charge on any atom is -0.489 e. The summed E-state index contributed by atoms with van der Waals surface area (Å²) < 4.78 is 11.6. The third-order valence-corrected chi connectivity index (χ3v) is 6.32. The van der Waals surface area contributed by atoms with E-state index in [1.165, 1.54) is 24.3 Å². The molecule has 2 atom stereocenters. The number of aryl methyl sites for hydroxylation is 1. The number of nitrogens with zero attached hydrogens (tertiary/aromatic N) is 3. The molecule has 0 spiro atoms. The second-order valence-electron chi connectivity index (χ2n) is 9.04. The first-order chi connectivity index (χ1) is 14.8. The second kappa shape index (κ2) is 10.2. The minimum absolute atomic E-state index is 0.0245. The molecule has 0 aromatic carbocycles. The fourth-order valence-corrected chi connectivity index (χ4v) is 4.02. The van der Waals surface area contributed by atoms with Crippen LogP contribution in [-0.4, -0.2) is 54.3 Å². The van der Waals surface area contributed by atoms with Crippen molar-refractivity contribution in [1.82, 2.24) is 14.9 Å². The fourth-order valence-electron chi connectivity index (χ4n) is 4.02. The number of pyridine rings is 1. The van der Waals surface area contributed by atoms with Crippen LogP contribution in [0.5, 0.6) is 5.75 Å². The molecule has 0 unspecified atom stereocenters. The van der Waals surface area contributed by atoms with Crippen molar-refractivity contribution in [2.75, 3.05) is 27.2 Å². The van der Waals surface area contributed by atoms with Crippen LogP contribution in [0.1, 0.15) is 56.8 Å². The van der Waals surface area contributed by atoms with E-state index in [4.69, 9.17) is 21.1 Å². The van der Waals surface area contributed by atoms with Gasteiger partial charge in [0.25, 0.3) is 0 Å². The molecule has 0 radical (unpaired) electrons. The van der Waals surface area contributed by atoms with Gasteiger partial charge >= 0.3 is 6.09 Å². The van der Waals surface area contributed by atoms with Crippen LogP contribution in [0.25, 0.3) is 5.70 Å². The molecule has 0 saturated heterocycles. The van der Waals surface area contributed by atoms with Gasteiger partial charge in [-0.25, -0.2) is 15.6 Å². The smallest absolute Gasteiger partial charge is 0.409 e. The Morgan fingerprint density at radius 3 is 2.48 bits per heavy atom. The number of amides is 1. The van der Waals surface area contributed by atoms with E-state index in [0.717, 1.165) is 30.7 Å². The Kier molecular flexibility index (Phi) is 7.64. The molecule has 4 N–H and O–H groups in total. The zero-order valence-electron chi connectivity index (χ0n) is 19.3. The average molecular weight is 432 g/mol. The first kappa shape index (κ1) is 23.2. The predicted octanol–water partition coefficient (Wildman–Crippen LogP) is 3.26. The Bertz CT molecular complexity index is 804. The largest absolute Gasteiger partial charge is 0.489 e. The Morgan fingerprint density at radius 2 is 1.90 bits per heavy atom. The van der Waals surface area contributed by atoms with Crippen LogP contribution in [0.3, 0.4) is 0 Å². The molecular weight excluding hydrogens is 394 g/mol. The maximum atomic E-state index is 12.3. The SMILES string of the molecule is Cc1nc(/C(N)=C(\COC(=O)N(C)C[C@H]2C[C@@H]2C)N(C)N)ccc1OC1CCCCC1. The van der Waals surface area contributed by atoms with Gasteiger partial charge in [0.05, 0.1) is 28.9 Å². The topological polar surface area (TPSA) is 107 Å². The van der Waals surface area contributed by atoms with Crippen molar-refractivity contribution in [3.8, 4) is 5.75 Å². The molecule has 1 aromatic heterocycles. The molecule has 1 heterocycles. The van der Waals surface area contributed by atoms with E-state index < -0.39 is 0 Å². The molecular formula is C23H37N5O3. The van der Waals surface area contributed by atoms with Crippen molar-refractivity contribution in [3.05, 3.63) is 29.2 Å². The first-order valence-electron chi connectivity index (χ1n) is 11.3. The highest BCUT2D eigenvalue weighted by Crippen LogP contribution is 2.38. The van der Waals surface area contributed by atoms with E-state index in [1.54, 1.807) is 19.0 Å². The number of aromatic nitrogens is 1. The van der Waals surface area contributed by atoms with Crippen LogP contribution in [0, 0.1) is 18.8 Å². The van der Waals surface area contributed by atoms with Crippen molar-refractivity contribution < 1.29 is 14.3 Å². The number of likely N-dealkylation sites (N-methyl/N-ethyl adjacent to an activating group) is 1. The van der Waals surface area contributed by atoms with Gasteiger partial charge in [-0.1, -0.05) is 13.3 Å². The minimum atomic E-state index is -0.383. The molecule has 2 aliphatic rings. The van der Waals surface area contributed by atoms with Crippen LogP contribution < -0.4 is 16.3 Å². The van der Waals surface area contributed by atoms with Crippen molar-refractivity contribution in [2.45, 2.75) is 58.5 Å². The lowest BCUT2D eigenvalue weighted by Gasteiger charge is -2.24. The lowest BCUT2D eigenvalue weighted by atomic mass is 9.98. The van der Waals surface area contributed by atoms with Crippen molar-refractivity contribution >= 4 is 11.8 Å². The lowest BCUT2D eigenvalue weighted by Crippen LogP contribution is -2.34. The van der Waals surface area contributed by atoms with Crippen LogP contribution in [0.2, 0.25) is 0 Å². The standard InChI is InChI=1S/C23H37N5O3/c1-15-12-17(15)13-27(3)23(29)30-14-20(28(4)25)22(24)19-10-11-21(16(2)26-19)31-18-8-6-5-7-9-18/h10-11,15,17-18H,5-9,12-14,24-25H2,1-4H3/b22-20-/t15-,17+/m0/s1. The van der Waals surface area contributed by atoms with E-state index >= 15 is 0 Å². The molecule has 31 heavy (non-hydrogen) atoms. The molecule has 2 fully saturated rings. The number of hydrazine groups is 1. The van der Waals surface area contributed by atoms with E-state index in [0.29, 0.717) is 35.5 Å². The van der Waals surface area contributed by atoms with Crippen molar-refractivity contribution in [1.29, 1.82) is 0 Å². The molecule has 0 aliphatic heterocycles. The summed E-state index contributed by atoms with van der Waals surface area (Å²) in [5.41, 5.74) is 8.60. The zero-order chi connectivity index (χ0) is 22.5. The molecule has 1 aromatic rings. The number of carbonyl (C=O) groups excluding carboxylic acids is 1. The Balaban J connectivity index is 1.65. The number of ether oxygens (including phenoxy) is 2. The molecule has 2 aliphatic carbocycles. The Hall–Kier alpha value is -2.48. The highest BCUT2D eigenvalue weighted by atomic mass is 16.6. The summed E-state index contributed by atoms with van der Waals surface area (Å²) in [5, 5.41) is 1.37. The third kappa shape index (κ3) is 6.26. The zero-order valence-corrected chi connectivity index (χ0v) is 19.3. The summed E-state index contributed by atoms with van der Waals surface area (Å²) in [6.07, 6.45) is 6.92. The molecule has 0 bridgehead atoms. The van der Waals surface area contributed by atoms with Gasteiger partial charge in [0.1, 0.15) is 12.4 Å². The van der Waals surface area contributed by atoms with Crippen LogP contribution in [0.15, 0.2) is 17.8 Å². The number of nitrogens with two attached hydrogens (primary N) is 2. The molecule has 3 rings (SSSR count). The van der Waals surface area contributed by atoms with E-state index in [-0.39, 0.29) is 18.8 Å². The van der Waals surface area contributed by atoms with Gasteiger partial charge in [-0.2, -0.15) is 0 Å². The Labute approximate surface area is 185 Å². The first-order valence-corrected chi connectivity index (χ1v) is 11.3. The number of carbonyl (C=O) groups is 1. The van der Waals surface area contributed by atoms with Gasteiger partial charge in [-0.05, 0) is 63.0 Å². The van der Waals surface area contributed by atoms with Crippen LogP contribution in [0.4, 0.5) is 4.79 Å². The molecule has 172 valence electrons. The number of hydrogen-bond donors (Lipinski definition) is 2. The summed E-state index contributed by atoms with van der Waals surface area (Å²) in [6, 6.07) is 3.73. The normalized spacial score (nSPS) is 21.8. The lowest BCUT2D eigenvalue weighted by molar-refractivity contribution is 0.111. The van der Waals surface area contributed by atoms with E-state index in [1.807, 2.05) is 19.1 Å². The summed E-state index contributed by atoms with van der Waals surface area (Å²) in [5.74, 6) is 8.00. The van der Waals surface area contributed by atoms with Gasteiger partial charge in [0, 0.05) is 20.6 Å². The number of rotatable bonds is 8.